The van der Waals surface area contributed by atoms with Gasteiger partial charge in [-0.15, -0.1) is 0 Å². The first-order valence-corrected chi connectivity index (χ1v) is 18.5. The number of benzene rings is 2. The van der Waals surface area contributed by atoms with Crippen LogP contribution < -0.4 is 16.0 Å². The number of hydrogen-bond acceptors (Lipinski definition) is 11. The highest BCUT2D eigenvalue weighted by Gasteiger charge is 2.41. The number of hydrogen-bond donors (Lipinski definition) is 3. The van der Waals surface area contributed by atoms with E-state index in [1.165, 1.54) is 25.7 Å². The lowest BCUT2D eigenvalue weighted by Gasteiger charge is -2.34. The predicted octanol–water partition coefficient (Wildman–Crippen LogP) is 4.29. The van der Waals surface area contributed by atoms with Gasteiger partial charge in [0.15, 0.2) is 0 Å². The van der Waals surface area contributed by atoms with Crippen molar-refractivity contribution >= 4 is 36.9 Å². The van der Waals surface area contributed by atoms with Crippen LogP contribution in [0.1, 0.15) is 80.9 Å². The molecule has 1 heterocycles. The summed E-state index contributed by atoms with van der Waals surface area (Å²) in [6, 6.07) is 17.7. The van der Waals surface area contributed by atoms with Crippen LogP contribution in [0.4, 0.5) is 4.79 Å². The Bertz CT molecular complexity index is 1590. The van der Waals surface area contributed by atoms with Crippen molar-refractivity contribution in [3.05, 3.63) is 96.1 Å². The molecule has 3 rings (SSSR count). The van der Waals surface area contributed by atoms with Crippen molar-refractivity contribution in [1.82, 2.24) is 30.7 Å². The minimum atomic E-state index is -1.02. The molecule has 0 spiro atoms. The van der Waals surface area contributed by atoms with Crippen LogP contribution in [0.15, 0.2) is 79.3 Å². The van der Waals surface area contributed by atoms with E-state index < -0.39 is 48.9 Å². The molecule has 290 valence electrons. The second-order valence-electron chi connectivity index (χ2n) is 13.2. The summed E-state index contributed by atoms with van der Waals surface area (Å²) < 4.78 is 16.3. The third-order valence-electron chi connectivity index (χ3n) is 8.41. The Labute approximate surface area is 318 Å². The summed E-state index contributed by atoms with van der Waals surface area (Å²) in [5.41, 5.74) is 1.78. The molecule has 0 saturated heterocycles. The number of carbonyl (C=O) groups excluding carboxylic acids is 5. The first-order valence-electron chi connectivity index (χ1n) is 18.5. The number of nitrogens with one attached hydrogen (secondary N) is 3. The van der Waals surface area contributed by atoms with Crippen LogP contribution in [0.25, 0.3) is 0 Å². The first-order chi connectivity index (χ1) is 26.1. The summed E-state index contributed by atoms with van der Waals surface area (Å²) in [6.45, 7) is 6.42. The molecule has 3 N–H and O–H groups in total. The number of unbranched alkanes of at least 4 members (excludes halogenated alkanes) is 3. The molecule has 0 fully saturated rings. The molecule has 15 heteroatoms. The van der Waals surface area contributed by atoms with Crippen molar-refractivity contribution in [2.75, 3.05) is 26.7 Å². The molecule has 54 heavy (non-hydrogen) atoms. The number of ether oxygens (including phenoxy) is 2. The van der Waals surface area contributed by atoms with Gasteiger partial charge in [-0.2, -0.15) is 0 Å². The normalized spacial score (nSPS) is 12.0. The van der Waals surface area contributed by atoms with Gasteiger partial charge in [-0.3, -0.25) is 29.0 Å². The van der Waals surface area contributed by atoms with E-state index in [2.05, 4.69) is 25.9 Å². The van der Waals surface area contributed by atoms with Crippen molar-refractivity contribution in [2.24, 2.45) is 5.92 Å². The lowest BCUT2D eigenvalue weighted by Crippen LogP contribution is -2.62. The maximum Gasteiger partial charge on any atom is 0.475 e. The van der Waals surface area contributed by atoms with Crippen molar-refractivity contribution in [3.8, 4) is 0 Å². The van der Waals surface area contributed by atoms with E-state index in [9.17, 15) is 24.0 Å². The van der Waals surface area contributed by atoms with Gasteiger partial charge in [0.1, 0.15) is 18.3 Å². The van der Waals surface area contributed by atoms with Crippen molar-refractivity contribution < 1.29 is 38.1 Å². The predicted molar refractivity (Wildman–Crippen MR) is 204 cm³/mol. The minimum absolute atomic E-state index is 0.0479. The molecule has 2 atom stereocenters. The number of aromatic nitrogens is 2. The zero-order valence-corrected chi connectivity index (χ0v) is 31.7. The van der Waals surface area contributed by atoms with Crippen LogP contribution >= 0.6 is 0 Å². The van der Waals surface area contributed by atoms with Gasteiger partial charge in [0.25, 0.3) is 11.9 Å². The van der Waals surface area contributed by atoms with Gasteiger partial charge >= 0.3 is 19.1 Å². The van der Waals surface area contributed by atoms with Crippen LogP contribution in [0.3, 0.4) is 0 Å². The van der Waals surface area contributed by atoms with Crippen LogP contribution in [0, 0.1) is 5.92 Å². The van der Waals surface area contributed by atoms with Gasteiger partial charge in [-0.05, 0) is 42.9 Å². The standard InChI is InChI=1S/C39H53BN6O8/c1-5-35(47)54-40(46(27-36(48)52-4)23-15-7-6-14-20-43-39(51)53-28-31-18-12-9-13-19-31)34(24-29(2)3)45-37(49)32(25-30-16-10-8-11-17-30)44-38(50)33-26-41-21-22-42-33/h8-13,16-19,21-22,26,29,32,34H,5-7,14-15,20,23-25,27-28H2,1-4H3,(H,43,51)(H,44,50)(H,45,49)/t32-,34-/m0/s1. The molecule has 0 aliphatic heterocycles. The lowest BCUT2D eigenvalue weighted by molar-refractivity contribution is -0.142. The molecule has 0 unspecified atom stereocenters. The highest BCUT2D eigenvalue weighted by Crippen LogP contribution is 2.16. The summed E-state index contributed by atoms with van der Waals surface area (Å²) in [5, 5.41) is 8.63. The van der Waals surface area contributed by atoms with Gasteiger partial charge in [0.05, 0.1) is 25.8 Å². The second-order valence-corrected chi connectivity index (χ2v) is 13.2. The fourth-order valence-electron chi connectivity index (χ4n) is 5.66. The Balaban J connectivity index is 1.72. The topological polar surface area (TPSA) is 178 Å². The Morgan fingerprint density at radius 1 is 0.852 bits per heavy atom. The highest BCUT2D eigenvalue weighted by molar-refractivity contribution is 6.53. The summed E-state index contributed by atoms with van der Waals surface area (Å²) in [4.78, 5) is 74.7. The van der Waals surface area contributed by atoms with Gasteiger partial charge in [-0.1, -0.05) is 94.3 Å². The van der Waals surface area contributed by atoms with Gasteiger partial charge < -0.3 is 30.1 Å². The average Bonchev–Trinajstić information content (AvgIpc) is 3.18. The lowest BCUT2D eigenvalue weighted by atomic mass is 9.66. The molecule has 1 aromatic heterocycles. The minimum Gasteiger partial charge on any atom is -0.518 e. The largest absolute Gasteiger partial charge is 0.518 e. The number of esters is 1. The molecule has 0 aliphatic carbocycles. The number of alkyl carbamates (subject to hydrolysis) is 1. The number of methoxy groups -OCH3 is 1. The zero-order chi connectivity index (χ0) is 39.1. The Morgan fingerprint density at radius 2 is 1.54 bits per heavy atom. The van der Waals surface area contributed by atoms with Crippen LogP contribution in [-0.4, -0.2) is 90.4 Å². The van der Waals surface area contributed by atoms with Gasteiger partial charge in [-0.25, -0.2) is 9.78 Å². The summed E-state index contributed by atoms with van der Waals surface area (Å²) >= 11 is 0. The smallest absolute Gasteiger partial charge is 0.475 e. The van der Waals surface area contributed by atoms with Crippen molar-refractivity contribution in [2.45, 2.75) is 84.3 Å². The molecule has 0 saturated carbocycles. The molecular formula is C39H53BN6O8. The van der Waals surface area contributed by atoms with E-state index >= 15 is 0 Å². The van der Waals surface area contributed by atoms with Crippen molar-refractivity contribution in [1.29, 1.82) is 0 Å². The molecule has 0 bridgehead atoms. The third-order valence-corrected chi connectivity index (χ3v) is 8.41. The fourth-order valence-corrected chi connectivity index (χ4v) is 5.66. The highest BCUT2D eigenvalue weighted by atomic mass is 16.5. The van der Waals surface area contributed by atoms with Gasteiger partial charge in [0.2, 0.25) is 5.91 Å². The van der Waals surface area contributed by atoms with E-state index in [1.807, 2.05) is 74.5 Å². The molecule has 0 radical (unpaired) electrons. The fraction of sp³-hybridized carbons (Fsp3) is 0.462. The molecular weight excluding hydrogens is 691 g/mol. The SMILES string of the molecule is CCC(=O)OB([C@H](CC(C)C)NC(=O)[C@H](Cc1ccccc1)NC(=O)c1cnccn1)N(CCCCCCNC(=O)OCc1ccccc1)CC(=O)OC. The maximum atomic E-state index is 14.1. The maximum absolute atomic E-state index is 14.1. The van der Waals surface area contributed by atoms with E-state index in [0.29, 0.717) is 32.4 Å². The molecule has 2 aromatic carbocycles. The Kier molecular flexibility index (Phi) is 19.2. The molecule has 14 nitrogen and oxygen atoms in total. The van der Waals surface area contributed by atoms with Crippen LogP contribution in [-0.2, 0) is 41.5 Å². The zero-order valence-electron chi connectivity index (χ0n) is 31.7. The number of nitrogens with zero attached hydrogens (tertiary/aromatic N) is 3. The Morgan fingerprint density at radius 3 is 2.17 bits per heavy atom. The monoisotopic (exact) mass is 744 g/mol. The average molecular weight is 745 g/mol. The second kappa shape index (κ2) is 24.1. The van der Waals surface area contributed by atoms with Crippen molar-refractivity contribution in [3.63, 3.8) is 0 Å². The quantitative estimate of drug-likeness (QED) is 0.0717. The number of carbonyl (C=O) groups is 5. The molecule has 0 aliphatic rings. The Hall–Kier alpha value is -5.31. The summed E-state index contributed by atoms with van der Waals surface area (Å²) in [5.74, 6) is -2.80. The van der Waals surface area contributed by atoms with E-state index in [4.69, 9.17) is 14.1 Å². The van der Waals surface area contributed by atoms with E-state index in [1.54, 1.807) is 11.7 Å². The van der Waals surface area contributed by atoms with E-state index in [-0.39, 0.29) is 37.6 Å². The third kappa shape index (κ3) is 16.2. The molecule has 3 aromatic rings. The summed E-state index contributed by atoms with van der Waals surface area (Å²) in [7, 11) is 0.268. The van der Waals surface area contributed by atoms with E-state index in [0.717, 1.165) is 24.0 Å². The number of rotatable bonds is 23. The summed E-state index contributed by atoms with van der Waals surface area (Å²) in [6.07, 6.45) is 7.20. The van der Waals surface area contributed by atoms with Gasteiger partial charge in [0, 0.05) is 31.8 Å². The first kappa shape index (κ1) is 43.1. The molecule has 3 amide bonds. The van der Waals surface area contributed by atoms with Crippen LogP contribution in [0.2, 0.25) is 0 Å². The number of amides is 3. The van der Waals surface area contributed by atoms with Crippen LogP contribution in [0.5, 0.6) is 0 Å².